The van der Waals surface area contributed by atoms with Gasteiger partial charge in [-0.1, -0.05) is 0 Å². The highest BCUT2D eigenvalue weighted by atomic mass is 79.9. The summed E-state index contributed by atoms with van der Waals surface area (Å²) in [6.07, 6.45) is 1.76. The van der Waals surface area contributed by atoms with Crippen LogP contribution in [-0.2, 0) is 0 Å². The molecule has 2 N–H and O–H groups in total. The first-order valence-corrected chi connectivity index (χ1v) is 7.14. The number of nitrogens with one attached hydrogen (secondary N) is 1. The predicted octanol–water partition coefficient (Wildman–Crippen LogP) is 2.60. The molecule has 0 saturated carbocycles. The third-order valence-electron chi connectivity index (χ3n) is 3.19. The molecule has 6 heteroatoms. The van der Waals surface area contributed by atoms with Crippen LogP contribution in [0.2, 0.25) is 0 Å². The van der Waals surface area contributed by atoms with E-state index in [-0.39, 0.29) is 12.2 Å². The minimum absolute atomic E-state index is 0.182. The van der Waals surface area contributed by atoms with Gasteiger partial charge in [0.1, 0.15) is 11.6 Å². The van der Waals surface area contributed by atoms with Gasteiger partial charge in [-0.2, -0.15) is 0 Å². The smallest absolute Gasteiger partial charge is 0.150 e. The Labute approximate surface area is 119 Å². The molecule has 0 radical (unpaired) electrons. The summed E-state index contributed by atoms with van der Waals surface area (Å²) in [5, 5.41) is 12.7. The maximum atomic E-state index is 13.5. The van der Waals surface area contributed by atoms with Gasteiger partial charge in [0, 0.05) is 23.6 Å². The molecule has 1 saturated heterocycles. The fourth-order valence-electron chi connectivity index (χ4n) is 2.26. The van der Waals surface area contributed by atoms with Gasteiger partial charge in [0.05, 0.1) is 11.8 Å². The van der Waals surface area contributed by atoms with E-state index in [0.29, 0.717) is 11.0 Å². The molecule has 1 aliphatic rings. The Kier molecular flexibility index (Phi) is 5.13. The number of benzene rings is 1. The zero-order chi connectivity index (χ0) is 13.8. The monoisotopic (exact) mass is 334 g/mol. The van der Waals surface area contributed by atoms with Crippen LogP contribution in [0.3, 0.4) is 0 Å². The van der Waals surface area contributed by atoms with E-state index in [4.69, 9.17) is 0 Å². The van der Waals surface area contributed by atoms with Gasteiger partial charge in [-0.15, -0.1) is 0 Å². The van der Waals surface area contributed by atoms with Gasteiger partial charge in [0.25, 0.3) is 0 Å². The van der Waals surface area contributed by atoms with Crippen molar-refractivity contribution >= 4 is 21.6 Å². The molecule has 1 aromatic rings. The second-order valence-corrected chi connectivity index (χ2v) is 5.64. The van der Waals surface area contributed by atoms with E-state index in [0.717, 1.165) is 32.0 Å². The summed E-state index contributed by atoms with van der Waals surface area (Å²) in [4.78, 5) is 2.18. The average Bonchev–Trinajstić information content (AvgIpc) is 2.80. The third kappa shape index (κ3) is 4.12. The second-order valence-electron chi connectivity index (χ2n) is 4.79. The van der Waals surface area contributed by atoms with Gasteiger partial charge in [-0.3, -0.25) is 0 Å². The highest BCUT2D eigenvalue weighted by molar-refractivity contribution is 9.10. The molecule has 0 bridgehead atoms. The number of rotatable bonds is 5. The lowest BCUT2D eigenvalue weighted by Crippen LogP contribution is -2.34. The molecule has 1 unspecified atom stereocenters. The summed E-state index contributed by atoms with van der Waals surface area (Å²) in [6.45, 7) is 2.82. The maximum absolute atomic E-state index is 13.5. The number of nitrogens with zero attached hydrogens (tertiary/aromatic N) is 1. The predicted molar refractivity (Wildman–Crippen MR) is 74.2 cm³/mol. The highest BCUT2D eigenvalue weighted by Crippen LogP contribution is 2.26. The topological polar surface area (TPSA) is 35.5 Å². The summed E-state index contributed by atoms with van der Waals surface area (Å²) in [6, 6.07) is 2.01. The molecule has 0 amide bonds. The molecular formula is C13H17BrF2N2O. The van der Waals surface area contributed by atoms with Crippen molar-refractivity contribution in [2.75, 3.05) is 31.5 Å². The highest BCUT2D eigenvalue weighted by Gasteiger charge is 2.16. The van der Waals surface area contributed by atoms with Crippen molar-refractivity contribution in [3.8, 4) is 0 Å². The fraction of sp³-hybridized carbons (Fsp3) is 0.538. The van der Waals surface area contributed by atoms with Crippen LogP contribution in [-0.4, -0.2) is 42.3 Å². The Hall–Kier alpha value is -0.720. The minimum atomic E-state index is -0.666. The molecule has 3 nitrogen and oxygen atoms in total. The quantitative estimate of drug-likeness (QED) is 0.868. The van der Waals surface area contributed by atoms with E-state index in [1.165, 1.54) is 6.07 Å². The lowest BCUT2D eigenvalue weighted by molar-refractivity contribution is 0.135. The van der Waals surface area contributed by atoms with E-state index < -0.39 is 17.7 Å². The molecule has 1 atom stereocenters. The summed E-state index contributed by atoms with van der Waals surface area (Å²) in [7, 11) is 0. The second kappa shape index (κ2) is 6.63. The first-order valence-electron chi connectivity index (χ1n) is 6.35. The number of anilines is 1. The molecule has 1 heterocycles. The number of likely N-dealkylation sites (tertiary alicyclic amines) is 1. The number of aliphatic hydroxyl groups excluding tert-OH is 1. The molecule has 19 heavy (non-hydrogen) atoms. The molecular weight excluding hydrogens is 318 g/mol. The molecule has 0 spiro atoms. The van der Waals surface area contributed by atoms with E-state index in [2.05, 4.69) is 26.1 Å². The Balaban J connectivity index is 1.87. The Bertz CT molecular complexity index is 416. The summed E-state index contributed by atoms with van der Waals surface area (Å²) < 4.78 is 26.8. The lowest BCUT2D eigenvalue weighted by atomic mass is 10.2. The van der Waals surface area contributed by atoms with Crippen LogP contribution in [0.1, 0.15) is 12.8 Å². The SMILES string of the molecule is OC(CNc1c(F)cc(F)cc1Br)CN1CCCC1. The van der Waals surface area contributed by atoms with Crippen LogP contribution in [0.25, 0.3) is 0 Å². The summed E-state index contributed by atoms with van der Waals surface area (Å²) in [5.41, 5.74) is 0.182. The molecule has 2 rings (SSSR count). The Morgan fingerprint density at radius 3 is 2.63 bits per heavy atom. The van der Waals surface area contributed by atoms with Gasteiger partial charge < -0.3 is 15.3 Å². The zero-order valence-electron chi connectivity index (χ0n) is 10.5. The Morgan fingerprint density at radius 2 is 2.00 bits per heavy atom. The van der Waals surface area contributed by atoms with Crippen molar-refractivity contribution in [1.82, 2.24) is 4.90 Å². The number of halogens is 3. The van der Waals surface area contributed by atoms with E-state index >= 15 is 0 Å². The third-order valence-corrected chi connectivity index (χ3v) is 3.81. The van der Waals surface area contributed by atoms with E-state index in [9.17, 15) is 13.9 Å². The zero-order valence-corrected chi connectivity index (χ0v) is 12.1. The summed E-state index contributed by atoms with van der Waals surface area (Å²) >= 11 is 3.10. The van der Waals surface area contributed by atoms with Crippen molar-refractivity contribution in [2.24, 2.45) is 0 Å². The lowest BCUT2D eigenvalue weighted by Gasteiger charge is -2.20. The van der Waals surface area contributed by atoms with Gasteiger partial charge in [0.15, 0.2) is 0 Å². The van der Waals surface area contributed by atoms with Crippen LogP contribution < -0.4 is 5.32 Å². The summed E-state index contributed by atoms with van der Waals surface area (Å²) in [5.74, 6) is -1.30. The normalized spacial score (nSPS) is 17.7. The number of hydrogen-bond acceptors (Lipinski definition) is 3. The molecule has 1 fully saturated rings. The van der Waals surface area contributed by atoms with Crippen molar-refractivity contribution < 1.29 is 13.9 Å². The van der Waals surface area contributed by atoms with Crippen molar-refractivity contribution in [3.05, 3.63) is 28.2 Å². The number of β-amino-alcohol motifs (C(OH)–C–C–N with tert-alkyl or cyclic N) is 1. The Morgan fingerprint density at radius 1 is 1.32 bits per heavy atom. The number of hydrogen-bond donors (Lipinski definition) is 2. The molecule has 0 aliphatic carbocycles. The molecule has 0 aromatic heterocycles. The van der Waals surface area contributed by atoms with Crippen molar-refractivity contribution in [1.29, 1.82) is 0 Å². The maximum Gasteiger partial charge on any atom is 0.150 e. The van der Waals surface area contributed by atoms with Crippen LogP contribution in [0, 0.1) is 11.6 Å². The largest absolute Gasteiger partial charge is 0.390 e. The first kappa shape index (κ1) is 14.7. The molecule has 106 valence electrons. The average molecular weight is 335 g/mol. The van der Waals surface area contributed by atoms with Gasteiger partial charge in [-0.05, 0) is 47.9 Å². The van der Waals surface area contributed by atoms with E-state index in [1.54, 1.807) is 0 Å². The fourth-order valence-corrected chi connectivity index (χ4v) is 2.81. The minimum Gasteiger partial charge on any atom is -0.390 e. The van der Waals surface area contributed by atoms with Crippen molar-refractivity contribution in [3.63, 3.8) is 0 Å². The van der Waals surface area contributed by atoms with Crippen LogP contribution in [0.4, 0.5) is 14.5 Å². The van der Waals surface area contributed by atoms with Gasteiger partial charge in [-0.25, -0.2) is 8.78 Å². The number of aliphatic hydroxyl groups is 1. The standard InChI is InChI=1S/C13H17BrF2N2O/c14-11-5-9(15)6-12(16)13(11)17-7-10(19)8-18-3-1-2-4-18/h5-6,10,17,19H,1-4,7-8H2. The van der Waals surface area contributed by atoms with Crippen LogP contribution in [0.5, 0.6) is 0 Å². The van der Waals surface area contributed by atoms with Gasteiger partial charge in [0.2, 0.25) is 0 Å². The van der Waals surface area contributed by atoms with Crippen LogP contribution in [0.15, 0.2) is 16.6 Å². The van der Waals surface area contributed by atoms with E-state index in [1.807, 2.05) is 0 Å². The molecule has 1 aromatic carbocycles. The molecule has 1 aliphatic heterocycles. The van der Waals surface area contributed by atoms with Crippen LogP contribution >= 0.6 is 15.9 Å². The first-order chi connectivity index (χ1) is 9.06. The van der Waals surface area contributed by atoms with Crippen molar-refractivity contribution in [2.45, 2.75) is 18.9 Å². The van der Waals surface area contributed by atoms with Gasteiger partial charge >= 0.3 is 0 Å².